The Kier molecular flexibility index (Phi) is 10.2. The van der Waals surface area contributed by atoms with Gasteiger partial charge >= 0.3 is 0 Å². The number of ether oxygens (including phenoxy) is 5. The first-order valence-electron chi connectivity index (χ1n) is 13.9. The van der Waals surface area contributed by atoms with E-state index in [1.807, 2.05) is 50.2 Å². The van der Waals surface area contributed by atoms with Crippen LogP contribution in [0.4, 0.5) is 0 Å². The molecule has 2 heterocycles. The van der Waals surface area contributed by atoms with Gasteiger partial charge in [0.1, 0.15) is 18.3 Å². The van der Waals surface area contributed by atoms with Gasteiger partial charge in [-0.05, 0) is 36.8 Å². The molecule has 2 aromatic carbocycles. The van der Waals surface area contributed by atoms with Crippen LogP contribution in [-0.4, -0.2) is 54.1 Å². The highest BCUT2D eigenvalue weighted by Gasteiger charge is 2.49. The molecule has 2 aromatic rings. The molecule has 2 aliphatic rings. The average Bonchev–Trinajstić information content (AvgIpc) is 2.93. The Hall–Kier alpha value is -1.80. The molecular formula is C31H44O6. The van der Waals surface area contributed by atoms with Crippen LogP contribution in [0.15, 0.2) is 60.7 Å². The van der Waals surface area contributed by atoms with E-state index >= 15 is 0 Å². The highest BCUT2D eigenvalue weighted by atomic mass is 16.7. The van der Waals surface area contributed by atoms with E-state index in [4.69, 9.17) is 23.7 Å². The number of aliphatic hydroxyl groups is 1. The summed E-state index contributed by atoms with van der Waals surface area (Å²) in [5.41, 5.74) is 2.20. The van der Waals surface area contributed by atoms with Crippen molar-refractivity contribution >= 4 is 0 Å². The van der Waals surface area contributed by atoms with Crippen molar-refractivity contribution in [2.24, 2.45) is 11.8 Å². The second-order valence-electron chi connectivity index (χ2n) is 10.6. The van der Waals surface area contributed by atoms with Crippen LogP contribution in [0.5, 0.6) is 0 Å². The molecule has 0 spiro atoms. The van der Waals surface area contributed by atoms with E-state index in [1.165, 1.54) is 0 Å². The first-order valence-corrected chi connectivity index (χ1v) is 13.9. The molecule has 10 atom stereocenters. The molecule has 0 aliphatic carbocycles. The van der Waals surface area contributed by atoms with Gasteiger partial charge in [-0.25, -0.2) is 0 Å². The second kappa shape index (κ2) is 13.3. The van der Waals surface area contributed by atoms with Gasteiger partial charge in [0.15, 0.2) is 6.29 Å². The minimum atomic E-state index is -0.503. The lowest BCUT2D eigenvalue weighted by Crippen LogP contribution is -2.61. The third kappa shape index (κ3) is 6.80. The predicted molar refractivity (Wildman–Crippen MR) is 143 cm³/mol. The third-order valence-corrected chi connectivity index (χ3v) is 8.02. The van der Waals surface area contributed by atoms with E-state index in [2.05, 4.69) is 45.0 Å². The Labute approximate surface area is 222 Å². The SMILES string of the molecule is CCC1O[C@@H](OC2[C@@H](OCc3ccccc3)[C@H](OCc3ccccc3)C(CC)O[C@@H]2C)C(C)[C@@H](C)[C@@H]1O. The van der Waals surface area contributed by atoms with E-state index in [0.717, 1.165) is 24.0 Å². The van der Waals surface area contributed by atoms with E-state index in [0.29, 0.717) is 13.2 Å². The van der Waals surface area contributed by atoms with Crippen LogP contribution in [0, 0.1) is 11.8 Å². The molecule has 4 rings (SSSR count). The number of aliphatic hydroxyl groups excluding tert-OH is 1. The normalized spacial score (nSPS) is 36.4. The summed E-state index contributed by atoms with van der Waals surface area (Å²) in [6, 6.07) is 20.4. The Bertz CT molecular complexity index is 922. The summed E-state index contributed by atoms with van der Waals surface area (Å²) in [5.74, 6) is 0.0769. The van der Waals surface area contributed by atoms with Crippen LogP contribution in [0.3, 0.4) is 0 Å². The van der Waals surface area contributed by atoms with Crippen LogP contribution < -0.4 is 0 Å². The summed E-state index contributed by atoms with van der Waals surface area (Å²) in [7, 11) is 0. The summed E-state index contributed by atoms with van der Waals surface area (Å²) in [4.78, 5) is 0. The van der Waals surface area contributed by atoms with Gasteiger partial charge < -0.3 is 28.8 Å². The molecule has 0 radical (unpaired) electrons. The maximum atomic E-state index is 10.7. The van der Waals surface area contributed by atoms with Gasteiger partial charge in [0.05, 0.1) is 37.6 Å². The Balaban J connectivity index is 1.58. The molecule has 2 aliphatic heterocycles. The zero-order valence-corrected chi connectivity index (χ0v) is 22.9. The van der Waals surface area contributed by atoms with Crippen molar-refractivity contribution in [2.75, 3.05) is 0 Å². The fourth-order valence-corrected chi connectivity index (χ4v) is 5.46. The van der Waals surface area contributed by atoms with Gasteiger partial charge in [0.2, 0.25) is 0 Å². The average molecular weight is 513 g/mol. The molecule has 0 aromatic heterocycles. The van der Waals surface area contributed by atoms with Gasteiger partial charge in [-0.15, -0.1) is 0 Å². The molecule has 204 valence electrons. The summed E-state index contributed by atoms with van der Waals surface area (Å²) in [6.45, 7) is 11.3. The fraction of sp³-hybridized carbons (Fsp3) is 0.613. The molecule has 4 unspecified atom stereocenters. The monoisotopic (exact) mass is 512 g/mol. The zero-order valence-electron chi connectivity index (χ0n) is 22.9. The summed E-state index contributed by atoms with van der Waals surface area (Å²) < 4.78 is 32.6. The molecular weight excluding hydrogens is 468 g/mol. The quantitative estimate of drug-likeness (QED) is 0.453. The minimum absolute atomic E-state index is 0.0207. The van der Waals surface area contributed by atoms with Crippen molar-refractivity contribution in [2.45, 2.75) is 110 Å². The Morgan fingerprint density at radius 3 is 1.76 bits per heavy atom. The zero-order chi connectivity index (χ0) is 26.4. The summed E-state index contributed by atoms with van der Waals surface area (Å²) in [6.07, 6.45) is -1.06. The lowest BCUT2D eigenvalue weighted by molar-refractivity contribution is -0.327. The maximum Gasteiger partial charge on any atom is 0.161 e. The van der Waals surface area contributed by atoms with Crippen molar-refractivity contribution in [3.05, 3.63) is 71.8 Å². The van der Waals surface area contributed by atoms with Crippen molar-refractivity contribution in [3.8, 4) is 0 Å². The molecule has 2 saturated heterocycles. The second-order valence-corrected chi connectivity index (χ2v) is 10.6. The van der Waals surface area contributed by atoms with Crippen LogP contribution in [0.2, 0.25) is 0 Å². The van der Waals surface area contributed by atoms with E-state index < -0.39 is 12.4 Å². The molecule has 37 heavy (non-hydrogen) atoms. The molecule has 6 heteroatoms. The molecule has 0 amide bonds. The van der Waals surface area contributed by atoms with Crippen LogP contribution >= 0.6 is 0 Å². The molecule has 6 nitrogen and oxygen atoms in total. The number of benzene rings is 2. The highest BCUT2D eigenvalue weighted by Crippen LogP contribution is 2.37. The van der Waals surface area contributed by atoms with Crippen molar-refractivity contribution in [1.82, 2.24) is 0 Å². The molecule has 0 bridgehead atoms. The number of hydrogen-bond acceptors (Lipinski definition) is 6. The molecule has 0 saturated carbocycles. The van der Waals surface area contributed by atoms with E-state index in [9.17, 15) is 5.11 Å². The van der Waals surface area contributed by atoms with E-state index in [-0.39, 0.29) is 48.5 Å². The Morgan fingerprint density at radius 2 is 1.22 bits per heavy atom. The van der Waals surface area contributed by atoms with Crippen molar-refractivity contribution in [3.63, 3.8) is 0 Å². The van der Waals surface area contributed by atoms with Crippen molar-refractivity contribution < 1.29 is 28.8 Å². The van der Waals surface area contributed by atoms with Crippen LogP contribution in [0.25, 0.3) is 0 Å². The lowest BCUT2D eigenvalue weighted by atomic mass is 9.83. The lowest BCUT2D eigenvalue weighted by Gasteiger charge is -2.49. The first-order chi connectivity index (χ1) is 17.9. The molecule has 2 fully saturated rings. The van der Waals surface area contributed by atoms with E-state index in [1.54, 1.807) is 0 Å². The fourth-order valence-electron chi connectivity index (χ4n) is 5.46. The third-order valence-electron chi connectivity index (χ3n) is 8.02. The standard InChI is InChI=1S/C31H44O6/c1-6-25-27(32)20(3)21(4)31(36-25)37-28-22(5)35-26(7-2)29(33-18-23-14-10-8-11-15-23)30(28)34-19-24-16-12-9-13-17-24/h8-17,20-22,25-32H,6-7,18-19H2,1-5H3/t20-,21?,22-,25?,26?,27+,28?,29-,30-,31+/m1/s1. The number of hydrogen-bond donors (Lipinski definition) is 1. The Morgan fingerprint density at radius 1 is 0.676 bits per heavy atom. The summed E-state index contributed by atoms with van der Waals surface area (Å²) in [5, 5.41) is 10.7. The van der Waals surface area contributed by atoms with Crippen molar-refractivity contribution in [1.29, 1.82) is 0 Å². The first kappa shape index (κ1) is 28.2. The van der Waals surface area contributed by atoms with Crippen LogP contribution in [-0.2, 0) is 36.9 Å². The van der Waals surface area contributed by atoms with Gasteiger partial charge in [-0.1, -0.05) is 88.4 Å². The number of rotatable bonds is 10. The van der Waals surface area contributed by atoms with Gasteiger partial charge in [0.25, 0.3) is 0 Å². The minimum Gasteiger partial charge on any atom is -0.390 e. The highest BCUT2D eigenvalue weighted by molar-refractivity contribution is 5.14. The van der Waals surface area contributed by atoms with Gasteiger partial charge in [-0.3, -0.25) is 0 Å². The van der Waals surface area contributed by atoms with Crippen LogP contribution in [0.1, 0.15) is 58.6 Å². The van der Waals surface area contributed by atoms with Gasteiger partial charge in [0, 0.05) is 5.92 Å². The predicted octanol–water partition coefficient (Wildman–Crippen LogP) is 5.51. The largest absolute Gasteiger partial charge is 0.390 e. The molecule has 1 N–H and O–H groups in total. The maximum absolute atomic E-state index is 10.7. The van der Waals surface area contributed by atoms with Gasteiger partial charge in [-0.2, -0.15) is 0 Å². The summed E-state index contributed by atoms with van der Waals surface area (Å²) >= 11 is 0. The smallest absolute Gasteiger partial charge is 0.161 e. The topological polar surface area (TPSA) is 66.4 Å².